The Kier molecular flexibility index (Phi) is 4.61. The molecule has 0 radical (unpaired) electrons. The summed E-state index contributed by atoms with van der Waals surface area (Å²) in [6.45, 7) is 0.829. The number of benzene rings is 2. The van der Waals surface area contributed by atoms with Gasteiger partial charge in [-0.2, -0.15) is 0 Å². The second kappa shape index (κ2) is 6.81. The Morgan fingerprint density at radius 1 is 0.952 bits per heavy atom. The van der Waals surface area contributed by atoms with Crippen molar-refractivity contribution in [3.63, 3.8) is 0 Å². The van der Waals surface area contributed by atoms with Crippen LogP contribution in [0.25, 0.3) is 0 Å². The van der Waals surface area contributed by atoms with Crippen molar-refractivity contribution in [2.45, 2.75) is 24.0 Å². The third-order valence-electron chi connectivity index (χ3n) is 3.79. The van der Waals surface area contributed by atoms with E-state index >= 15 is 0 Å². The van der Waals surface area contributed by atoms with Crippen LogP contribution in [0.4, 0.5) is 0 Å². The second-order valence-corrected chi connectivity index (χ2v) is 6.44. The molecule has 0 N–H and O–H groups in total. The van der Waals surface area contributed by atoms with Gasteiger partial charge in [0.1, 0.15) is 0 Å². The zero-order chi connectivity index (χ0) is 14.5. The van der Waals surface area contributed by atoms with Gasteiger partial charge in [0.2, 0.25) is 5.91 Å². The number of carbonyl (C=O) groups is 1. The Labute approximate surface area is 130 Å². The molecule has 1 fully saturated rings. The van der Waals surface area contributed by atoms with Crippen molar-refractivity contribution < 1.29 is 4.79 Å². The fraction of sp³-hybridized carbons (Fsp3) is 0.278. The van der Waals surface area contributed by atoms with Crippen LogP contribution in [0.2, 0.25) is 0 Å². The number of β-lactam (4-membered cyclic amide) rings is 1. The molecule has 1 aliphatic heterocycles. The number of hydrogen-bond donors (Lipinski definition) is 0. The van der Waals surface area contributed by atoms with Crippen LogP contribution in [-0.2, 0) is 17.0 Å². The molecule has 1 atom stereocenters. The SMILES string of the molecule is O=C1CC(SCc2ccccc2)N1CCc1ccccc1. The third kappa shape index (κ3) is 3.67. The predicted molar refractivity (Wildman–Crippen MR) is 88.0 cm³/mol. The smallest absolute Gasteiger partial charge is 0.226 e. The van der Waals surface area contributed by atoms with Crippen LogP contribution in [0.5, 0.6) is 0 Å². The maximum atomic E-state index is 11.8. The summed E-state index contributed by atoms with van der Waals surface area (Å²) in [5.41, 5.74) is 2.62. The normalized spacial score (nSPS) is 17.6. The molecule has 0 aromatic heterocycles. The lowest BCUT2D eigenvalue weighted by Crippen LogP contribution is -2.51. The zero-order valence-corrected chi connectivity index (χ0v) is 12.8. The summed E-state index contributed by atoms with van der Waals surface area (Å²) in [5.74, 6) is 1.26. The van der Waals surface area contributed by atoms with E-state index in [0.717, 1.165) is 18.7 Å². The van der Waals surface area contributed by atoms with Gasteiger partial charge in [-0.05, 0) is 17.5 Å². The molecule has 3 heteroatoms. The van der Waals surface area contributed by atoms with E-state index in [-0.39, 0.29) is 5.91 Å². The molecule has 2 nitrogen and oxygen atoms in total. The zero-order valence-electron chi connectivity index (χ0n) is 11.9. The lowest BCUT2D eigenvalue weighted by Gasteiger charge is -2.40. The molecule has 21 heavy (non-hydrogen) atoms. The van der Waals surface area contributed by atoms with Gasteiger partial charge in [-0.25, -0.2) is 0 Å². The van der Waals surface area contributed by atoms with E-state index in [9.17, 15) is 4.79 Å². The van der Waals surface area contributed by atoms with Gasteiger partial charge in [0, 0.05) is 12.3 Å². The average molecular weight is 297 g/mol. The van der Waals surface area contributed by atoms with Gasteiger partial charge >= 0.3 is 0 Å². The highest BCUT2D eigenvalue weighted by Crippen LogP contribution is 2.31. The van der Waals surface area contributed by atoms with Crippen LogP contribution < -0.4 is 0 Å². The van der Waals surface area contributed by atoms with Crippen LogP contribution in [0.3, 0.4) is 0 Å². The van der Waals surface area contributed by atoms with Gasteiger partial charge in [0.15, 0.2) is 0 Å². The Balaban J connectivity index is 1.49. The number of carbonyl (C=O) groups excluding carboxylic acids is 1. The maximum absolute atomic E-state index is 11.8. The van der Waals surface area contributed by atoms with E-state index in [1.807, 2.05) is 28.8 Å². The molecule has 1 saturated heterocycles. The molecule has 0 saturated carbocycles. The summed E-state index contributed by atoms with van der Waals surface area (Å²) in [6.07, 6.45) is 1.63. The minimum Gasteiger partial charge on any atom is -0.330 e. The molecule has 2 aromatic carbocycles. The van der Waals surface area contributed by atoms with Crippen molar-refractivity contribution in [3.05, 3.63) is 71.8 Å². The standard InChI is InChI=1S/C18H19NOS/c20-17-13-18(21-14-16-9-5-2-6-10-16)19(17)12-11-15-7-3-1-4-8-15/h1-10,18H,11-14H2. The van der Waals surface area contributed by atoms with E-state index in [4.69, 9.17) is 0 Å². The van der Waals surface area contributed by atoms with Crippen molar-refractivity contribution >= 4 is 17.7 Å². The van der Waals surface area contributed by atoms with Gasteiger partial charge in [-0.15, -0.1) is 11.8 Å². The third-order valence-corrected chi connectivity index (χ3v) is 5.09. The summed E-state index contributed by atoms with van der Waals surface area (Å²) >= 11 is 1.87. The van der Waals surface area contributed by atoms with Crippen molar-refractivity contribution in [2.24, 2.45) is 0 Å². The van der Waals surface area contributed by atoms with E-state index < -0.39 is 0 Å². The Morgan fingerprint density at radius 2 is 1.57 bits per heavy atom. The fourth-order valence-electron chi connectivity index (χ4n) is 2.50. The molecule has 0 aliphatic carbocycles. The molecule has 0 bridgehead atoms. The van der Waals surface area contributed by atoms with Crippen molar-refractivity contribution in [3.8, 4) is 0 Å². The molecule has 1 unspecified atom stereocenters. The van der Waals surface area contributed by atoms with E-state index in [0.29, 0.717) is 11.8 Å². The fourth-order valence-corrected chi connectivity index (χ4v) is 3.74. The Hall–Kier alpha value is -1.74. The van der Waals surface area contributed by atoms with Crippen molar-refractivity contribution in [1.82, 2.24) is 4.90 Å². The monoisotopic (exact) mass is 297 g/mol. The molecular weight excluding hydrogens is 278 g/mol. The topological polar surface area (TPSA) is 20.3 Å². The Bertz CT molecular complexity index is 585. The minimum absolute atomic E-state index is 0.288. The molecule has 0 spiro atoms. The van der Waals surface area contributed by atoms with Crippen LogP contribution in [0, 0.1) is 0 Å². The van der Waals surface area contributed by atoms with Gasteiger partial charge in [-0.3, -0.25) is 4.79 Å². The highest BCUT2D eigenvalue weighted by atomic mass is 32.2. The first-order valence-corrected chi connectivity index (χ1v) is 8.37. The first kappa shape index (κ1) is 14.2. The van der Waals surface area contributed by atoms with Gasteiger partial charge in [0.25, 0.3) is 0 Å². The second-order valence-electron chi connectivity index (χ2n) is 5.28. The van der Waals surface area contributed by atoms with Crippen LogP contribution in [0.15, 0.2) is 60.7 Å². The number of likely N-dealkylation sites (tertiary alicyclic amines) is 1. The number of hydrogen-bond acceptors (Lipinski definition) is 2. The molecular formula is C18H19NOS. The lowest BCUT2D eigenvalue weighted by atomic mass is 10.1. The molecule has 3 rings (SSSR count). The van der Waals surface area contributed by atoms with Gasteiger partial charge in [-0.1, -0.05) is 60.7 Å². The first-order valence-electron chi connectivity index (χ1n) is 7.32. The molecule has 2 aromatic rings. The summed E-state index contributed by atoms with van der Waals surface area (Å²) in [6, 6.07) is 20.8. The van der Waals surface area contributed by atoms with Crippen LogP contribution >= 0.6 is 11.8 Å². The summed E-state index contributed by atoms with van der Waals surface area (Å²) < 4.78 is 0. The summed E-state index contributed by atoms with van der Waals surface area (Å²) in [7, 11) is 0. The predicted octanol–water partition coefficient (Wildman–Crippen LogP) is 3.72. The highest BCUT2D eigenvalue weighted by Gasteiger charge is 2.35. The van der Waals surface area contributed by atoms with Crippen LogP contribution in [-0.4, -0.2) is 22.7 Å². The lowest BCUT2D eigenvalue weighted by molar-refractivity contribution is -0.141. The molecule has 1 heterocycles. The van der Waals surface area contributed by atoms with Gasteiger partial charge in [0.05, 0.1) is 11.8 Å². The van der Waals surface area contributed by atoms with Crippen molar-refractivity contribution in [1.29, 1.82) is 0 Å². The number of rotatable bonds is 6. The number of amides is 1. The van der Waals surface area contributed by atoms with Crippen molar-refractivity contribution in [2.75, 3.05) is 6.54 Å². The largest absolute Gasteiger partial charge is 0.330 e. The highest BCUT2D eigenvalue weighted by molar-refractivity contribution is 7.99. The molecule has 1 amide bonds. The average Bonchev–Trinajstić information content (AvgIpc) is 2.53. The minimum atomic E-state index is 0.288. The molecule has 1 aliphatic rings. The number of nitrogens with zero attached hydrogens (tertiary/aromatic N) is 1. The first-order chi connectivity index (χ1) is 10.3. The van der Waals surface area contributed by atoms with E-state index in [1.165, 1.54) is 11.1 Å². The molecule has 108 valence electrons. The quantitative estimate of drug-likeness (QED) is 0.757. The van der Waals surface area contributed by atoms with Crippen LogP contribution in [0.1, 0.15) is 17.5 Å². The summed E-state index contributed by atoms with van der Waals surface area (Å²) in [4.78, 5) is 13.8. The Morgan fingerprint density at radius 3 is 2.19 bits per heavy atom. The van der Waals surface area contributed by atoms with Gasteiger partial charge < -0.3 is 4.90 Å². The maximum Gasteiger partial charge on any atom is 0.226 e. The van der Waals surface area contributed by atoms with E-state index in [1.54, 1.807) is 0 Å². The number of thioether (sulfide) groups is 1. The summed E-state index contributed by atoms with van der Waals surface area (Å²) in [5, 5.41) is 0.349. The van der Waals surface area contributed by atoms with E-state index in [2.05, 4.69) is 48.5 Å².